The van der Waals surface area contributed by atoms with Gasteiger partial charge in [0.1, 0.15) is 0 Å². The molecule has 0 aliphatic carbocycles. The van der Waals surface area contributed by atoms with Crippen molar-refractivity contribution < 1.29 is 0 Å². The van der Waals surface area contributed by atoms with Crippen LogP contribution in [0.25, 0.3) is 0 Å². The van der Waals surface area contributed by atoms with Gasteiger partial charge >= 0.3 is 64.4 Å². The Morgan fingerprint density at radius 3 is 2.00 bits per heavy atom. The number of benzene rings is 1. The van der Waals surface area contributed by atoms with Crippen molar-refractivity contribution in [3.05, 3.63) is 29.8 Å². The third-order valence-corrected chi connectivity index (χ3v) is 3.12. The van der Waals surface area contributed by atoms with Crippen molar-refractivity contribution in [2.75, 3.05) is 0 Å². The zero-order chi connectivity index (χ0) is 5.98. The maximum absolute atomic E-state index is 2.21. The van der Waals surface area contributed by atoms with Crippen LogP contribution in [0.3, 0.4) is 0 Å². The summed E-state index contributed by atoms with van der Waals surface area (Å²) in [6.07, 6.45) is 0. The molecule has 0 unspecified atom stereocenters. The van der Waals surface area contributed by atoms with Gasteiger partial charge in [0.05, 0.1) is 0 Å². The summed E-state index contributed by atoms with van der Waals surface area (Å²) in [5.41, 5.74) is 1.36. The third-order valence-electron chi connectivity index (χ3n) is 1.22. The summed E-state index contributed by atoms with van der Waals surface area (Å²) in [6.45, 7) is 2.12. The number of hydrogen-bond donors (Lipinski definition) is 0. The van der Waals surface area contributed by atoms with Crippen molar-refractivity contribution in [2.24, 2.45) is 0 Å². The second-order valence-electron chi connectivity index (χ2n) is 2.15. The molecule has 1 aromatic carbocycles. The molecule has 1 aromatic rings. The van der Waals surface area contributed by atoms with Gasteiger partial charge in [-0.1, -0.05) is 0 Å². The second kappa shape index (κ2) is 2.58. The SMILES string of the molecule is Cc1cc[c]([InH2])cc1. The quantitative estimate of drug-likeness (QED) is 0.573. The van der Waals surface area contributed by atoms with E-state index in [-0.39, 0.29) is 0 Å². The van der Waals surface area contributed by atoms with Crippen LogP contribution in [0.2, 0.25) is 0 Å². The first-order valence-electron chi connectivity index (χ1n) is 2.82. The minimum absolute atomic E-state index is 0.698. The summed E-state index contributed by atoms with van der Waals surface area (Å²) in [4.78, 5) is 0. The van der Waals surface area contributed by atoms with E-state index in [1.54, 1.807) is 0 Å². The predicted octanol–water partition coefficient (Wildman–Crippen LogP) is 0.253. The molecule has 0 atom stereocenters. The molecule has 8 heavy (non-hydrogen) atoms. The molecule has 1 heteroatoms. The molecule has 0 N–H and O–H groups in total. The van der Waals surface area contributed by atoms with Crippen molar-refractivity contribution in [2.45, 2.75) is 6.92 Å². The van der Waals surface area contributed by atoms with Crippen LogP contribution in [0.4, 0.5) is 0 Å². The molecule has 0 fully saturated rings. The van der Waals surface area contributed by atoms with Gasteiger partial charge in [0.15, 0.2) is 0 Å². The third kappa shape index (κ3) is 1.55. The van der Waals surface area contributed by atoms with Gasteiger partial charge in [0, 0.05) is 0 Å². The van der Waals surface area contributed by atoms with Crippen molar-refractivity contribution in [1.82, 2.24) is 0 Å². The number of hydrogen-bond acceptors (Lipinski definition) is 0. The van der Waals surface area contributed by atoms with Crippen LogP contribution >= 0.6 is 0 Å². The van der Waals surface area contributed by atoms with Crippen LogP contribution < -0.4 is 3.32 Å². The summed E-state index contributed by atoms with van der Waals surface area (Å²) in [5, 5.41) is 0. The fourth-order valence-corrected chi connectivity index (χ4v) is 1.59. The molecule has 0 aromatic heterocycles. The first-order valence-corrected chi connectivity index (χ1v) is 5.68. The summed E-state index contributed by atoms with van der Waals surface area (Å²) in [5.74, 6) is 0. The summed E-state index contributed by atoms with van der Waals surface area (Å²) in [7, 11) is 0. The van der Waals surface area contributed by atoms with Crippen molar-refractivity contribution in [1.29, 1.82) is 0 Å². The minimum atomic E-state index is 0.698. The Labute approximate surface area is 64.5 Å². The topological polar surface area (TPSA) is 0 Å². The van der Waals surface area contributed by atoms with E-state index in [9.17, 15) is 0 Å². The van der Waals surface area contributed by atoms with Crippen molar-refractivity contribution in [3.63, 3.8) is 0 Å². The van der Waals surface area contributed by atoms with E-state index in [0.717, 1.165) is 0 Å². The van der Waals surface area contributed by atoms with Gasteiger partial charge in [-0.25, -0.2) is 0 Å². The van der Waals surface area contributed by atoms with E-state index in [1.165, 1.54) is 8.88 Å². The van der Waals surface area contributed by atoms with Crippen LogP contribution in [0.1, 0.15) is 5.56 Å². The molecular formula is C7H9In. The molecule has 0 saturated heterocycles. The van der Waals surface area contributed by atoms with Crippen LogP contribution in [0.5, 0.6) is 0 Å². The molecule has 0 radical (unpaired) electrons. The molecule has 0 aliphatic heterocycles. The summed E-state index contributed by atoms with van der Waals surface area (Å²) >= 11 is 0.698. The molecule has 0 heterocycles. The Morgan fingerprint density at radius 1 is 1.12 bits per heavy atom. The van der Waals surface area contributed by atoms with Gasteiger partial charge in [-0.2, -0.15) is 0 Å². The van der Waals surface area contributed by atoms with E-state index in [0.29, 0.717) is 24.4 Å². The molecule has 0 nitrogen and oxygen atoms in total. The van der Waals surface area contributed by atoms with Gasteiger partial charge < -0.3 is 0 Å². The van der Waals surface area contributed by atoms with E-state index in [4.69, 9.17) is 0 Å². The summed E-state index contributed by atoms with van der Waals surface area (Å²) in [6, 6.07) is 8.77. The molecule has 0 saturated carbocycles. The van der Waals surface area contributed by atoms with Crippen molar-refractivity contribution >= 4 is 27.7 Å². The van der Waals surface area contributed by atoms with Crippen LogP contribution in [0, 0.1) is 6.92 Å². The molecular weight excluding hydrogens is 199 g/mol. The maximum atomic E-state index is 2.21. The monoisotopic (exact) mass is 208 g/mol. The van der Waals surface area contributed by atoms with Gasteiger partial charge in [-0.3, -0.25) is 0 Å². The Hall–Kier alpha value is 0.0901. The zero-order valence-corrected chi connectivity index (χ0v) is 11.0. The van der Waals surface area contributed by atoms with Crippen molar-refractivity contribution in [3.8, 4) is 0 Å². The predicted molar refractivity (Wildman–Crippen MR) is 39.4 cm³/mol. The Bertz CT molecular complexity index is 143. The van der Waals surface area contributed by atoms with E-state index in [1.807, 2.05) is 0 Å². The fraction of sp³-hybridized carbons (Fsp3) is 0.143. The average molecular weight is 208 g/mol. The average Bonchev–Trinajstić information content (AvgIpc) is 1.77. The molecule has 40 valence electrons. The van der Waals surface area contributed by atoms with Crippen LogP contribution in [0.15, 0.2) is 24.3 Å². The standard InChI is InChI=1S/C7H7.In.2H/c1-7-5-3-2-4-6-7;;;/h3-6H,1H3;;;. The van der Waals surface area contributed by atoms with Crippen LogP contribution in [-0.4, -0.2) is 24.4 Å². The zero-order valence-electron chi connectivity index (χ0n) is 5.31. The Balaban J connectivity index is 3.03. The number of rotatable bonds is 0. The van der Waals surface area contributed by atoms with Gasteiger partial charge in [-0.05, 0) is 0 Å². The molecule has 0 spiro atoms. The van der Waals surface area contributed by atoms with E-state index >= 15 is 0 Å². The van der Waals surface area contributed by atoms with Gasteiger partial charge in [0.25, 0.3) is 0 Å². The fourth-order valence-electron chi connectivity index (χ4n) is 0.637. The Morgan fingerprint density at radius 2 is 1.62 bits per heavy atom. The first-order chi connectivity index (χ1) is 3.79. The normalized spacial score (nSPS) is 9.12. The molecule has 0 amide bonds. The van der Waals surface area contributed by atoms with Crippen LogP contribution in [-0.2, 0) is 0 Å². The molecule has 0 bridgehead atoms. The first kappa shape index (κ1) is 6.21. The van der Waals surface area contributed by atoms with E-state index in [2.05, 4.69) is 31.2 Å². The van der Waals surface area contributed by atoms with E-state index < -0.39 is 0 Å². The summed E-state index contributed by atoms with van der Waals surface area (Å²) < 4.78 is 1.54. The van der Waals surface area contributed by atoms with Gasteiger partial charge in [-0.15, -0.1) is 0 Å². The molecule has 0 aliphatic rings. The second-order valence-corrected chi connectivity index (χ2v) is 5.45. The number of aryl methyl sites for hydroxylation is 1. The Kier molecular flexibility index (Phi) is 2.01. The van der Waals surface area contributed by atoms with Gasteiger partial charge in [0.2, 0.25) is 0 Å². The molecule has 1 rings (SSSR count).